The second kappa shape index (κ2) is 9.78. The summed E-state index contributed by atoms with van der Waals surface area (Å²) in [7, 11) is 1.87. The Morgan fingerprint density at radius 1 is 1.18 bits per heavy atom. The lowest BCUT2D eigenvalue weighted by Crippen LogP contribution is -2.40. The fraction of sp³-hybridized carbons (Fsp3) is 0.500. The molecule has 0 aliphatic carbocycles. The summed E-state index contributed by atoms with van der Waals surface area (Å²) in [5, 5.41) is 5.37. The first kappa shape index (κ1) is 18.0. The maximum absolute atomic E-state index is 11.7. The van der Waals surface area contributed by atoms with Gasteiger partial charge in [0.05, 0.1) is 6.54 Å². The Labute approximate surface area is 131 Å². The highest BCUT2D eigenvalue weighted by Gasteiger charge is 2.06. The number of hydrogen-bond donors (Lipinski definition) is 2. The number of amides is 2. The molecule has 1 rings (SSSR count). The fourth-order valence-electron chi connectivity index (χ4n) is 1.85. The zero-order chi connectivity index (χ0) is 16.4. The quantitative estimate of drug-likeness (QED) is 0.654. The van der Waals surface area contributed by atoms with Crippen LogP contribution in [-0.2, 0) is 9.59 Å². The van der Waals surface area contributed by atoms with Gasteiger partial charge in [0.1, 0.15) is 12.4 Å². The summed E-state index contributed by atoms with van der Waals surface area (Å²) in [6.45, 7) is 5.82. The van der Waals surface area contributed by atoms with Crippen LogP contribution in [0.3, 0.4) is 0 Å². The lowest BCUT2D eigenvalue weighted by molar-refractivity contribution is -0.122. The molecule has 0 fully saturated rings. The standard InChI is InChI=1S/C16H25N3O3/c1-13-6-4-5-7-15(13)22-11-10-19(3)12-16(21)18-9-8-17-14(2)20/h4-7H,8-12H2,1-3H3,(H,17,20)(H,18,21). The van der Waals surface area contributed by atoms with E-state index in [-0.39, 0.29) is 11.8 Å². The highest BCUT2D eigenvalue weighted by atomic mass is 16.5. The number of nitrogens with zero attached hydrogens (tertiary/aromatic N) is 1. The minimum Gasteiger partial charge on any atom is -0.492 e. The molecule has 2 N–H and O–H groups in total. The molecule has 1 aromatic rings. The maximum atomic E-state index is 11.7. The van der Waals surface area contributed by atoms with Gasteiger partial charge in [0.15, 0.2) is 0 Å². The smallest absolute Gasteiger partial charge is 0.234 e. The summed E-state index contributed by atoms with van der Waals surface area (Å²) in [5.74, 6) is 0.708. The molecule has 0 aromatic heterocycles. The van der Waals surface area contributed by atoms with Crippen molar-refractivity contribution >= 4 is 11.8 Å². The number of nitrogens with one attached hydrogen (secondary N) is 2. The van der Waals surface area contributed by atoms with Crippen molar-refractivity contribution in [3.8, 4) is 5.75 Å². The molecule has 6 heteroatoms. The summed E-state index contributed by atoms with van der Waals surface area (Å²) >= 11 is 0. The van der Waals surface area contributed by atoms with Crippen LogP contribution in [-0.4, -0.2) is 56.5 Å². The number of aryl methyl sites for hydroxylation is 1. The topological polar surface area (TPSA) is 70.7 Å². The van der Waals surface area contributed by atoms with E-state index >= 15 is 0 Å². The van der Waals surface area contributed by atoms with Crippen LogP contribution in [0.1, 0.15) is 12.5 Å². The highest BCUT2D eigenvalue weighted by Crippen LogP contribution is 2.15. The van der Waals surface area contributed by atoms with Gasteiger partial charge in [-0.1, -0.05) is 18.2 Å². The molecule has 122 valence electrons. The fourth-order valence-corrected chi connectivity index (χ4v) is 1.85. The third-order valence-corrected chi connectivity index (χ3v) is 3.06. The van der Waals surface area contributed by atoms with E-state index in [0.29, 0.717) is 32.8 Å². The van der Waals surface area contributed by atoms with Gasteiger partial charge in [-0.25, -0.2) is 0 Å². The second-order valence-corrected chi connectivity index (χ2v) is 5.18. The normalized spacial score (nSPS) is 10.4. The average Bonchev–Trinajstić information content (AvgIpc) is 2.45. The van der Waals surface area contributed by atoms with Gasteiger partial charge in [0, 0.05) is 26.6 Å². The summed E-state index contributed by atoms with van der Waals surface area (Å²) in [6, 6.07) is 7.85. The van der Waals surface area contributed by atoms with Crippen LogP contribution in [0, 0.1) is 6.92 Å². The number of para-hydroxylation sites is 1. The summed E-state index contributed by atoms with van der Waals surface area (Å²) in [4.78, 5) is 24.3. The number of likely N-dealkylation sites (N-methyl/N-ethyl adjacent to an activating group) is 1. The van der Waals surface area contributed by atoms with Crippen molar-refractivity contribution in [2.75, 3.05) is 39.8 Å². The number of hydrogen-bond acceptors (Lipinski definition) is 4. The molecule has 0 saturated carbocycles. The van der Waals surface area contributed by atoms with Crippen molar-refractivity contribution in [3.63, 3.8) is 0 Å². The Hall–Kier alpha value is -2.08. The minimum absolute atomic E-state index is 0.0660. The van der Waals surface area contributed by atoms with E-state index in [1.165, 1.54) is 6.92 Å². The van der Waals surface area contributed by atoms with E-state index in [9.17, 15) is 9.59 Å². The molecule has 0 unspecified atom stereocenters. The molecule has 6 nitrogen and oxygen atoms in total. The van der Waals surface area contributed by atoms with Gasteiger partial charge in [0.25, 0.3) is 0 Å². The van der Waals surface area contributed by atoms with Crippen molar-refractivity contribution in [3.05, 3.63) is 29.8 Å². The van der Waals surface area contributed by atoms with E-state index in [0.717, 1.165) is 11.3 Å². The monoisotopic (exact) mass is 307 g/mol. The summed E-state index contributed by atoms with van der Waals surface area (Å²) in [5.41, 5.74) is 1.10. The number of benzene rings is 1. The van der Waals surface area contributed by atoms with Gasteiger partial charge in [-0.15, -0.1) is 0 Å². The first-order chi connectivity index (χ1) is 10.5. The predicted molar refractivity (Wildman–Crippen MR) is 85.9 cm³/mol. The van der Waals surface area contributed by atoms with Crippen LogP contribution in [0.15, 0.2) is 24.3 Å². The molecule has 0 spiro atoms. The van der Waals surface area contributed by atoms with Gasteiger partial charge < -0.3 is 15.4 Å². The number of carbonyl (C=O) groups is 2. The lowest BCUT2D eigenvalue weighted by atomic mass is 10.2. The molecule has 0 aliphatic rings. The molecule has 22 heavy (non-hydrogen) atoms. The Bertz CT molecular complexity index is 491. The first-order valence-electron chi connectivity index (χ1n) is 7.37. The third kappa shape index (κ3) is 7.64. The molecule has 1 aromatic carbocycles. The molecule has 0 atom stereocenters. The Morgan fingerprint density at radius 2 is 1.86 bits per heavy atom. The van der Waals surface area contributed by atoms with E-state index in [1.54, 1.807) is 0 Å². The molecule has 0 saturated heterocycles. The molecule has 0 bridgehead atoms. The van der Waals surface area contributed by atoms with Crippen LogP contribution in [0.5, 0.6) is 5.75 Å². The van der Waals surface area contributed by atoms with Crippen molar-refractivity contribution in [2.24, 2.45) is 0 Å². The highest BCUT2D eigenvalue weighted by molar-refractivity contribution is 5.78. The summed E-state index contributed by atoms with van der Waals surface area (Å²) < 4.78 is 5.69. The van der Waals surface area contributed by atoms with E-state index in [4.69, 9.17) is 4.74 Å². The molecular formula is C16H25N3O3. The lowest BCUT2D eigenvalue weighted by Gasteiger charge is -2.17. The van der Waals surface area contributed by atoms with Crippen LogP contribution in [0.4, 0.5) is 0 Å². The number of carbonyl (C=O) groups excluding carboxylic acids is 2. The van der Waals surface area contributed by atoms with Crippen molar-refractivity contribution in [1.29, 1.82) is 0 Å². The zero-order valence-corrected chi connectivity index (χ0v) is 13.5. The molecule has 2 amide bonds. The van der Waals surface area contributed by atoms with Crippen LogP contribution in [0.25, 0.3) is 0 Å². The van der Waals surface area contributed by atoms with Gasteiger partial charge in [-0.2, -0.15) is 0 Å². The van der Waals surface area contributed by atoms with Crippen molar-refractivity contribution in [1.82, 2.24) is 15.5 Å². The van der Waals surface area contributed by atoms with Crippen molar-refractivity contribution < 1.29 is 14.3 Å². The van der Waals surface area contributed by atoms with E-state index in [2.05, 4.69) is 10.6 Å². The van der Waals surface area contributed by atoms with Gasteiger partial charge in [0.2, 0.25) is 11.8 Å². The number of rotatable bonds is 9. The van der Waals surface area contributed by atoms with Crippen molar-refractivity contribution in [2.45, 2.75) is 13.8 Å². The van der Waals surface area contributed by atoms with Gasteiger partial charge >= 0.3 is 0 Å². The first-order valence-corrected chi connectivity index (χ1v) is 7.37. The van der Waals surface area contributed by atoms with Gasteiger partial charge in [-0.3, -0.25) is 14.5 Å². The second-order valence-electron chi connectivity index (χ2n) is 5.18. The Balaban J connectivity index is 2.15. The Kier molecular flexibility index (Phi) is 7.99. The Morgan fingerprint density at radius 3 is 2.55 bits per heavy atom. The van der Waals surface area contributed by atoms with E-state index < -0.39 is 0 Å². The largest absolute Gasteiger partial charge is 0.492 e. The minimum atomic E-state index is -0.0975. The molecular weight excluding hydrogens is 282 g/mol. The zero-order valence-electron chi connectivity index (χ0n) is 13.5. The van der Waals surface area contributed by atoms with Crippen LogP contribution < -0.4 is 15.4 Å². The molecule has 0 radical (unpaired) electrons. The third-order valence-electron chi connectivity index (χ3n) is 3.06. The SMILES string of the molecule is CC(=O)NCCNC(=O)CN(C)CCOc1ccccc1C. The number of ether oxygens (including phenoxy) is 1. The van der Waals surface area contributed by atoms with Crippen LogP contribution in [0.2, 0.25) is 0 Å². The molecule has 0 heterocycles. The van der Waals surface area contributed by atoms with Crippen LogP contribution >= 0.6 is 0 Å². The van der Waals surface area contributed by atoms with E-state index in [1.807, 2.05) is 43.1 Å². The maximum Gasteiger partial charge on any atom is 0.234 e. The average molecular weight is 307 g/mol. The molecule has 0 aliphatic heterocycles. The van der Waals surface area contributed by atoms with Gasteiger partial charge in [-0.05, 0) is 25.6 Å². The predicted octanol–water partition coefficient (Wildman–Crippen LogP) is 0.558. The summed E-state index contributed by atoms with van der Waals surface area (Å²) in [6.07, 6.45) is 0.